The molecule has 1 aliphatic rings. The lowest BCUT2D eigenvalue weighted by Crippen LogP contribution is -2.34. The summed E-state index contributed by atoms with van der Waals surface area (Å²) in [5.41, 5.74) is 3.49. The number of benzene rings is 2. The molecular weight excluding hydrogens is 354 g/mol. The third-order valence-electron chi connectivity index (χ3n) is 4.83. The Labute approximate surface area is 167 Å². The van der Waals surface area contributed by atoms with Crippen LogP contribution in [0.4, 0.5) is 11.4 Å². The van der Waals surface area contributed by atoms with Crippen LogP contribution in [0.3, 0.4) is 0 Å². The first-order chi connectivity index (χ1) is 13.1. The summed E-state index contributed by atoms with van der Waals surface area (Å²) in [6, 6.07) is 16.6. The SMILES string of the molecule is CCOc1ccc(NC(=S)NCc2ccc(N3CCCC(C)C3)cc2)cc1. The molecule has 1 atom stereocenters. The second-order valence-corrected chi connectivity index (χ2v) is 7.53. The predicted octanol–water partition coefficient (Wildman–Crippen LogP) is 4.81. The van der Waals surface area contributed by atoms with Gasteiger partial charge in [-0.15, -0.1) is 0 Å². The zero-order valence-electron chi connectivity index (χ0n) is 16.2. The lowest BCUT2D eigenvalue weighted by atomic mass is 9.99. The van der Waals surface area contributed by atoms with Gasteiger partial charge in [-0.2, -0.15) is 0 Å². The molecular formula is C22H29N3OS. The Hall–Kier alpha value is -2.27. The molecule has 1 saturated heterocycles. The van der Waals surface area contributed by atoms with E-state index in [1.165, 1.54) is 24.1 Å². The molecule has 0 saturated carbocycles. The maximum atomic E-state index is 5.45. The van der Waals surface area contributed by atoms with Gasteiger partial charge in [0.05, 0.1) is 6.61 Å². The van der Waals surface area contributed by atoms with Gasteiger partial charge in [-0.25, -0.2) is 0 Å². The Balaban J connectivity index is 1.47. The molecule has 0 aliphatic carbocycles. The number of nitrogens with zero attached hydrogens (tertiary/aromatic N) is 1. The van der Waals surface area contributed by atoms with E-state index >= 15 is 0 Å². The maximum absolute atomic E-state index is 5.45. The van der Waals surface area contributed by atoms with Gasteiger partial charge in [0.2, 0.25) is 0 Å². The van der Waals surface area contributed by atoms with E-state index in [4.69, 9.17) is 17.0 Å². The van der Waals surface area contributed by atoms with Crippen molar-refractivity contribution in [3.63, 3.8) is 0 Å². The Morgan fingerprint density at radius 3 is 2.56 bits per heavy atom. The topological polar surface area (TPSA) is 36.5 Å². The van der Waals surface area contributed by atoms with Crippen molar-refractivity contribution in [2.45, 2.75) is 33.2 Å². The van der Waals surface area contributed by atoms with Crippen LogP contribution in [0.2, 0.25) is 0 Å². The van der Waals surface area contributed by atoms with Crippen LogP contribution in [0.5, 0.6) is 5.75 Å². The van der Waals surface area contributed by atoms with Gasteiger partial charge in [0.15, 0.2) is 5.11 Å². The van der Waals surface area contributed by atoms with Gasteiger partial charge in [0, 0.05) is 31.0 Å². The van der Waals surface area contributed by atoms with Gasteiger partial charge in [-0.05, 0) is 79.9 Å². The van der Waals surface area contributed by atoms with Crippen molar-refractivity contribution in [1.82, 2.24) is 5.32 Å². The van der Waals surface area contributed by atoms with E-state index < -0.39 is 0 Å². The summed E-state index contributed by atoms with van der Waals surface area (Å²) in [7, 11) is 0. The first-order valence-corrected chi connectivity index (χ1v) is 10.2. The molecule has 2 aromatic rings. The zero-order chi connectivity index (χ0) is 19.1. The highest BCUT2D eigenvalue weighted by Gasteiger charge is 2.16. The second-order valence-electron chi connectivity index (χ2n) is 7.12. The van der Waals surface area contributed by atoms with Crippen molar-refractivity contribution >= 4 is 28.7 Å². The van der Waals surface area contributed by atoms with Crippen molar-refractivity contribution in [3.05, 3.63) is 54.1 Å². The van der Waals surface area contributed by atoms with Crippen LogP contribution in [0, 0.1) is 5.92 Å². The summed E-state index contributed by atoms with van der Waals surface area (Å²) >= 11 is 5.40. The normalized spacial score (nSPS) is 16.7. The van der Waals surface area contributed by atoms with Crippen LogP contribution >= 0.6 is 12.2 Å². The van der Waals surface area contributed by atoms with Crippen LogP contribution in [0.25, 0.3) is 0 Å². The molecule has 1 unspecified atom stereocenters. The van der Waals surface area contributed by atoms with E-state index in [0.29, 0.717) is 18.3 Å². The molecule has 2 N–H and O–H groups in total. The number of piperidine rings is 1. The van der Waals surface area contributed by atoms with Crippen molar-refractivity contribution in [3.8, 4) is 5.75 Å². The Morgan fingerprint density at radius 2 is 1.89 bits per heavy atom. The number of hydrogen-bond acceptors (Lipinski definition) is 3. The van der Waals surface area contributed by atoms with E-state index in [-0.39, 0.29) is 0 Å². The molecule has 1 aliphatic heterocycles. The summed E-state index contributed by atoms with van der Waals surface area (Å²) < 4.78 is 5.45. The maximum Gasteiger partial charge on any atom is 0.171 e. The first kappa shape index (κ1) is 19.5. The molecule has 144 valence electrons. The van der Waals surface area contributed by atoms with E-state index in [0.717, 1.165) is 30.4 Å². The molecule has 5 heteroatoms. The lowest BCUT2D eigenvalue weighted by Gasteiger charge is -2.32. The van der Waals surface area contributed by atoms with Gasteiger partial charge in [0.25, 0.3) is 0 Å². The van der Waals surface area contributed by atoms with Gasteiger partial charge in [0.1, 0.15) is 5.75 Å². The third kappa shape index (κ3) is 5.86. The average Bonchev–Trinajstić information content (AvgIpc) is 2.68. The number of nitrogens with one attached hydrogen (secondary N) is 2. The Morgan fingerprint density at radius 1 is 1.15 bits per heavy atom. The van der Waals surface area contributed by atoms with Crippen molar-refractivity contribution in [2.24, 2.45) is 5.92 Å². The molecule has 4 nitrogen and oxygen atoms in total. The molecule has 0 radical (unpaired) electrons. The number of ether oxygens (including phenoxy) is 1. The number of hydrogen-bond donors (Lipinski definition) is 2. The van der Waals surface area contributed by atoms with Crippen molar-refractivity contribution < 1.29 is 4.74 Å². The quantitative estimate of drug-likeness (QED) is 0.700. The van der Waals surface area contributed by atoms with Crippen molar-refractivity contribution in [2.75, 3.05) is 29.9 Å². The molecule has 0 amide bonds. The molecule has 3 rings (SSSR count). The summed E-state index contributed by atoms with van der Waals surface area (Å²) in [5, 5.41) is 7.09. The minimum absolute atomic E-state index is 0.619. The number of rotatable bonds is 6. The smallest absolute Gasteiger partial charge is 0.171 e. The van der Waals surface area contributed by atoms with Crippen molar-refractivity contribution in [1.29, 1.82) is 0 Å². The molecule has 27 heavy (non-hydrogen) atoms. The highest BCUT2D eigenvalue weighted by Crippen LogP contribution is 2.23. The first-order valence-electron chi connectivity index (χ1n) is 9.75. The summed E-state index contributed by atoms with van der Waals surface area (Å²) in [6.07, 6.45) is 2.63. The molecule has 0 spiro atoms. The largest absolute Gasteiger partial charge is 0.494 e. The van der Waals surface area contributed by atoms with E-state index in [1.54, 1.807) is 0 Å². The molecule has 1 fully saturated rings. The van der Waals surface area contributed by atoms with Crippen LogP contribution in [0.15, 0.2) is 48.5 Å². The Kier molecular flexibility index (Phi) is 6.93. The summed E-state index contributed by atoms with van der Waals surface area (Å²) in [6.45, 7) is 8.02. The standard InChI is InChI=1S/C22H29N3OS/c1-3-26-21-12-8-19(9-13-21)24-22(27)23-15-18-6-10-20(11-7-18)25-14-4-5-17(2)16-25/h6-13,17H,3-5,14-16H2,1-2H3,(H2,23,24,27). The lowest BCUT2D eigenvalue weighted by molar-refractivity contribution is 0.340. The van der Waals surface area contributed by atoms with E-state index in [2.05, 4.69) is 46.7 Å². The van der Waals surface area contributed by atoms with Crippen LogP contribution in [0.1, 0.15) is 32.3 Å². The van der Waals surface area contributed by atoms with Gasteiger partial charge >= 0.3 is 0 Å². The minimum atomic E-state index is 0.619. The Bertz CT molecular complexity index is 730. The zero-order valence-corrected chi connectivity index (χ0v) is 17.0. The average molecular weight is 384 g/mol. The molecule has 1 heterocycles. The van der Waals surface area contributed by atoms with E-state index in [1.807, 2.05) is 31.2 Å². The van der Waals surface area contributed by atoms with Crippen LogP contribution < -0.4 is 20.3 Å². The molecule has 0 bridgehead atoms. The second kappa shape index (κ2) is 9.60. The molecule has 2 aromatic carbocycles. The monoisotopic (exact) mass is 383 g/mol. The minimum Gasteiger partial charge on any atom is -0.494 e. The predicted molar refractivity (Wildman–Crippen MR) is 118 cm³/mol. The van der Waals surface area contributed by atoms with Gasteiger partial charge < -0.3 is 20.3 Å². The summed E-state index contributed by atoms with van der Waals surface area (Å²) in [4.78, 5) is 2.49. The molecule has 0 aromatic heterocycles. The third-order valence-corrected chi connectivity index (χ3v) is 5.08. The fourth-order valence-corrected chi connectivity index (χ4v) is 3.60. The van der Waals surface area contributed by atoms with E-state index in [9.17, 15) is 0 Å². The number of anilines is 2. The van der Waals surface area contributed by atoms with Gasteiger partial charge in [-0.1, -0.05) is 19.1 Å². The van der Waals surface area contributed by atoms with Gasteiger partial charge in [-0.3, -0.25) is 0 Å². The fourth-order valence-electron chi connectivity index (χ4n) is 3.41. The summed E-state index contributed by atoms with van der Waals surface area (Å²) in [5.74, 6) is 1.65. The fraction of sp³-hybridized carbons (Fsp3) is 0.409. The highest BCUT2D eigenvalue weighted by atomic mass is 32.1. The highest BCUT2D eigenvalue weighted by molar-refractivity contribution is 7.80. The van der Waals surface area contributed by atoms with Crippen LogP contribution in [-0.2, 0) is 6.54 Å². The number of thiocarbonyl (C=S) groups is 1. The van der Waals surface area contributed by atoms with Crippen LogP contribution in [-0.4, -0.2) is 24.8 Å².